The molecule has 3 aromatic rings. The lowest BCUT2D eigenvalue weighted by molar-refractivity contribution is -0.384. The van der Waals surface area contributed by atoms with E-state index >= 15 is 0 Å². The second-order valence-corrected chi connectivity index (χ2v) is 6.91. The van der Waals surface area contributed by atoms with E-state index in [1.165, 1.54) is 6.07 Å². The molecule has 2 aromatic heterocycles. The average molecular weight is 410 g/mol. The number of nitrogens with one attached hydrogen (secondary N) is 1. The van der Waals surface area contributed by atoms with Crippen LogP contribution in [0.2, 0.25) is 0 Å². The number of aromatic nitrogens is 1. The minimum absolute atomic E-state index is 0.0260. The maximum absolute atomic E-state index is 11.4. The molecule has 0 bridgehead atoms. The molecule has 1 saturated heterocycles. The maximum Gasteiger partial charge on any atom is 0.280 e. The first-order valence-corrected chi connectivity index (χ1v) is 9.43. The summed E-state index contributed by atoms with van der Waals surface area (Å²) in [5, 5.41) is 24.6. The fourth-order valence-corrected chi connectivity index (χ4v) is 3.89. The van der Waals surface area contributed by atoms with Crippen LogP contribution in [0.15, 0.2) is 65.2 Å². The van der Waals surface area contributed by atoms with Crippen molar-refractivity contribution in [2.24, 2.45) is 0 Å². The molecule has 0 spiro atoms. The van der Waals surface area contributed by atoms with Crippen molar-refractivity contribution in [3.05, 3.63) is 82.4 Å². The van der Waals surface area contributed by atoms with Crippen LogP contribution < -0.4 is 5.32 Å². The molecule has 29 heavy (non-hydrogen) atoms. The van der Waals surface area contributed by atoms with Gasteiger partial charge in [-0.1, -0.05) is 18.2 Å². The fourth-order valence-electron chi connectivity index (χ4n) is 3.56. The molecule has 0 unspecified atom stereocenters. The van der Waals surface area contributed by atoms with Crippen LogP contribution in [0, 0.1) is 10.1 Å². The maximum atomic E-state index is 11.4. The predicted octanol–water partition coefficient (Wildman–Crippen LogP) is 3.21. The molecule has 1 aromatic carbocycles. The monoisotopic (exact) mass is 410 g/mol. The lowest BCUT2D eigenvalue weighted by atomic mass is 10.0. The van der Waals surface area contributed by atoms with E-state index < -0.39 is 4.92 Å². The third-order valence-electron chi connectivity index (χ3n) is 4.82. The van der Waals surface area contributed by atoms with Crippen LogP contribution in [0.25, 0.3) is 11.3 Å². The van der Waals surface area contributed by atoms with Crippen molar-refractivity contribution in [3.63, 3.8) is 0 Å². The van der Waals surface area contributed by atoms with Gasteiger partial charge in [0.05, 0.1) is 28.8 Å². The van der Waals surface area contributed by atoms with E-state index in [0.29, 0.717) is 28.7 Å². The number of benzene rings is 1. The Bertz CT molecular complexity index is 1040. The summed E-state index contributed by atoms with van der Waals surface area (Å²) >= 11 is 5.46. The number of pyridine rings is 1. The second kappa shape index (κ2) is 7.98. The molecule has 1 aliphatic heterocycles. The van der Waals surface area contributed by atoms with E-state index in [-0.39, 0.29) is 24.4 Å². The quantitative estimate of drug-likeness (QED) is 0.363. The van der Waals surface area contributed by atoms with Crippen molar-refractivity contribution in [2.45, 2.75) is 12.1 Å². The lowest BCUT2D eigenvalue weighted by Gasteiger charge is -2.25. The Hall–Kier alpha value is -3.30. The molecular weight excluding hydrogens is 392 g/mol. The number of para-hydroxylation sites is 1. The number of nitrogens with zero attached hydrogens (tertiary/aromatic N) is 3. The summed E-state index contributed by atoms with van der Waals surface area (Å²) in [5.74, 6) is 0.975. The van der Waals surface area contributed by atoms with Gasteiger partial charge in [-0.15, -0.1) is 0 Å². The van der Waals surface area contributed by atoms with Crippen LogP contribution in [0.5, 0.6) is 0 Å². The molecule has 2 atom stereocenters. The van der Waals surface area contributed by atoms with Gasteiger partial charge in [-0.05, 0) is 42.5 Å². The van der Waals surface area contributed by atoms with Gasteiger partial charge in [0.15, 0.2) is 5.11 Å². The van der Waals surface area contributed by atoms with Crippen molar-refractivity contribution < 1.29 is 14.4 Å². The standard InChI is InChI=1S/C20H18N4O4S/c25-12-11-23-19(18(22-20(23)29)14-6-3-4-10-21-14)17-9-8-16(28-17)13-5-1-2-7-15(13)24(26)27/h1-10,18-19,25H,11-12H2,(H,22,29)/t18-,19+/m0/s1. The Kier molecular flexibility index (Phi) is 5.24. The first-order chi connectivity index (χ1) is 14.1. The summed E-state index contributed by atoms with van der Waals surface area (Å²) in [6.45, 7) is 0.242. The zero-order valence-electron chi connectivity index (χ0n) is 15.3. The van der Waals surface area contributed by atoms with E-state index in [1.54, 1.807) is 36.5 Å². The van der Waals surface area contributed by atoms with Gasteiger partial charge in [-0.2, -0.15) is 0 Å². The van der Waals surface area contributed by atoms with Gasteiger partial charge in [0.25, 0.3) is 5.69 Å². The summed E-state index contributed by atoms with van der Waals surface area (Å²) in [5.41, 5.74) is 1.16. The highest BCUT2D eigenvalue weighted by atomic mass is 32.1. The number of aliphatic hydroxyl groups is 1. The number of nitro groups is 1. The molecule has 0 saturated carbocycles. The van der Waals surface area contributed by atoms with E-state index in [4.69, 9.17) is 16.6 Å². The summed E-state index contributed by atoms with van der Waals surface area (Å²) in [6, 6.07) is 14.9. The summed E-state index contributed by atoms with van der Waals surface area (Å²) in [4.78, 5) is 17.2. The Morgan fingerprint density at radius 1 is 1.21 bits per heavy atom. The molecule has 148 valence electrons. The molecule has 0 amide bonds. The number of aliphatic hydroxyl groups excluding tert-OH is 1. The highest BCUT2D eigenvalue weighted by molar-refractivity contribution is 7.80. The molecule has 0 aliphatic carbocycles. The van der Waals surface area contributed by atoms with Gasteiger partial charge >= 0.3 is 0 Å². The number of nitro benzene ring substituents is 1. The number of thiocarbonyl (C=S) groups is 1. The van der Waals surface area contributed by atoms with Crippen molar-refractivity contribution in [1.82, 2.24) is 15.2 Å². The van der Waals surface area contributed by atoms with Crippen molar-refractivity contribution >= 4 is 23.0 Å². The van der Waals surface area contributed by atoms with Gasteiger partial charge in [0, 0.05) is 18.8 Å². The van der Waals surface area contributed by atoms with Crippen LogP contribution in [-0.4, -0.2) is 38.2 Å². The Morgan fingerprint density at radius 2 is 2.00 bits per heavy atom. The Labute approximate surface area is 171 Å². The molecule has 2 N–H and O–H groups in total. The number of hydrogen-bond donors (Lipinski definition) is 2. The minimum Gasteiger partial charge on any atom is -0.459 e. The van der Waals surface area contributed by atoms with Gasteiger partial charge in [0.1, 0.15) is 17.6 Å². The van der Waals surface area contributed by atoms with E-state index in [0.717, 1.165) is 5.69 Å². The normalized spacial score (nSPS) is 18.7. The number of β-amino-alcohol motifs (C(OH)–C–C–N with tert-alkyl or cyclic N) is 1. The molecular formula is C20H18N4O4S. The zero-order chi connectivity index (χ0) is 20.4. The van der Waals surface area contributed by atoms with Gasteiger partial charge < -0.3 is 19.7 Å². The summed E-state index contributed by atoms with van der Waals surface area (Å²) in [7, 11) is 0. The Morgan fingerprint density at radius 3 is 2.72 bits per heavy atom. The third-order valence-corrected chi connectivity index (χ3v) is 5.18. The highest BCUT2D eigenvalue weighted by Crippen LogP contribution is 2.41. The SMILES string of the molecule is O=[N+]([O-])c1ccccc1-c1ccc([C@@H]2[C@H](c3ccccn3)NC(=S)N2CCO)o1. The third kappa shape index (κ3) is 3.57. The first-order valence-electron chi connectivity index (χ1n) is 9.02. The smallest absolute Gasteiger partial charge is 0.280 e. The largest absolute Gasteiger partial charge is 0.459 e. The first kappa shape index (κ1) is 19.0. The van der Waals surface area contributed by atoms with Crippen molar-refractivity contribution in [1.29, 1.82) is 0 Å². The second-order valence-electron chi connectivity index (χ2n) is 6.52. The minimum atomic E-state index is -0.432. The predicted molar refractivity (Wildman–Crippen MR) is 110 cm³/mol. The number of hydrogen-bond acceptors (Lipinski definition) is 6. The van der Waals surface area contributed by atoms with Gasteiger partial charge in [0.2, 0.25) is 0 Å². The van der Waals surface area contributed by atoms with Crippen LogP contribution >= 0.6 is 12.2 Å². The van der Waals surface area contributed by atoms with E-state index in [2.05, 4.69) is 10.3 Å². The molecule has 4 rings (SSSR count). The average Bonchev–Trinajstić information content (AvgIpc) is 3.34. The van der Waals surface area contributed by atoms with Crippen LogP contribution in [0.1, 0.15) is 23.5 Å². The van der Waals surface area contributed by atoms with E-state index in [9.17, 15) is 15.2 Å². The topological polar surface area (TPSA) is 105 Å². The van der Waals surface area contributed by atoms with Crippen molar-refractivity contribution in [2.75, 3.05) is 13.2 Å². The molecule has 9 heteroatoms. The number of furan rings is 1. The zero-order valence-corrected chi connectivity index (χ0v) is 16.1. The molecule has 3 heterocycles. The molecule has 8 nitrogen and oxygen atoms in total. The summed E-state index contributed by atoms with van der Waals surface area (Å²) < 4.78 is 6.07. The van der Waals surface area contributed by atoms with Crippen molar-refractivity contribution in [3.8, 4) is 11.3 Å². The summed E-state index contributed by atoms with van der Waals surface area (Å²) in [6.07, 6.45) is 1.70. The fraction of sp³-hybridized carbons (Fsp3) is 0.200. The number of rotatable bonds is 6. The van der Waals surface area contributed by atoms with Gasteiger partial charge in [-0.3, -0.25) is 15.1 Å². The van der Waals surface area contributed by atoms with E-state index in [1.807, 2.05) is 23.1 Å². The highest BCUT2D eigenvalue weighted by Gasteiger charge is 2.41. The Balaban J connectivity index is 1.75. The molecule has 0 radical (unpaired) electrons. The lowest BCUT2D eigenvalue weighted by Crippen LogP contribution is -2.32. The molecule has 1 aliphatic rings. The van der Waals surface area contributed by atoms with Crippen LogP contribution in [-0.2, 0) is 0 Å². The van der Waals surface area contributed by atoms with Crippen LogP contribution in [0.4, 0.5) is 5.69 Å². The molecule has 1 fully saturated rings. The van der Waals surface area contributed by atoms with Crippen LogP contribution in [0.3, 0.4) is 0 Å². The van der Waals surface area contributed by atoms with Gasteiger partial charge in [-0.25, -0.2) is 0 Å².